The first kappa shape index (κ1) is 17.3. The number of carbonyl (C=O) groups is 1. The number of hydrogen-bond acceptors (Lipinski definition) is 4. The molecule has 1 amide bonds. The van der Waals surface area contributed by atoms with Gasteiger partial charge in [-0.05, 0) is 38.2 Å². The molecule has 1 aliphatic rings. The van der Waals surface area contributed by atoms with E-state index in [4.69, 9.17) is 4.74 Å². The number of likely N-dealkylation sites (tertiary alicyclic amines) is 1. The maximum Gasteiger partial charge on any atom is 0.410 e. The summed E-state index contributed by atoms with van der Waals surface area (Å²) in [5.41, 5.74) is 2.47. The van der Waals surface area contributed by atoms with E-state index in [0.29, 0.717) is 31.3 Å². The number of amides is 1. The number of nitrogens with zero attached hydrogens (tertiary/aromatic N) is 3. The van der Waals surface area contributed by atoms with Crippen molar-refractivity contribution in [2.45, 2.75) is 39.8 Å². The molecule has 1 N–H and O–H groups in total. The molecule has 0 bridgehead atoms. The highest BCUT2D eigenvalue weighted by Gasteiger charge is 2.25. The van der Waals surface area contributed by atoms with Gasteiger partial charge < -0.3 is 14.7 Å². The van der Waals surface area contributed by atoms with Crippen molar-refractivity contribution in [3.05, 3.63) is 47.3 Å². The summed E-state index contributed by atoms with van der Waals surface area (Å²) in [5, 5.41) is 14.3. The van der Waals surface area contributed by atoms with Crippen LogP contribution < -0.4 is 0 Å². The van der Waals surface area contributed by atoms with Gasteiger partial charge in [0.1, 0.15) is 12.3 Å². The van der Waals surface area contributed by atoms with Crippen LogP contribution in [-0.4, -0.2) is 39.0 Å². The van der Waals surface area contributed by atoms with E-state index in [1.165, 1.54) is 0 Å². The van der Waals surface area contributed by atoms with Crippen LogP contribution in [-0.2, 0) is 17.9 Å². The van der Waals surface area contributed by atoms with Crippen LogP contribution >= 0.6 is 0 Å². The molecule has 0 radical (unpaired) electrons. The molecule has 6 nitrogen and oxygen atoms in total. The van der Waals surface area contributed by atoms with E-state index in [0.717, 1.165) is 30.6 Å². The second-order valence-corrected chi connectivity index (χ2v) is 6.67. The van der Waals surface area contributed by atoms with E-state index in [1.807, 2.05) is 48.9 Å². The van der Waals surface area contributed by atoms with Crippen LogP contribution in [0.3, 0.4) is 0 Å². The van der Waals surface area contributed by atoms with Gasteiger partial charge in [0.05, 0.1) is 5.69 Å². The molecular formula is C19H25N3O3. The third-order valence-corrected chi connectivity index (χ3v) is 4.85. The Kier molecular flexibility index (Phi) is 5.26. The molecule has 25 heavy (non-hydrogen) atoms. The maximum atomic E-state index is 12.2. The third kappa shape index (κ3) is 4.13. The van der Waals surface area contributed by atoms with Crippen LogP contribution in [0.1, 0.15) is 29.8 Å². The first-order valence-electron chi connectivity index (χ1n) is 8.73. The van der Waals surface area contributed by atoms with Crippen LogP contribution in [0.15, 0.2) is 30.3 Å². The summed E-state index contributed by atoms with van der Waals surface area (Å²) in [4.78, 5) is 14.0. The zero-order valence-corrected chi connectivity index (χ0v) is 14.8. The van der Waals surface area contributed by atoms with Gasteiger partial charge in [0.25, 0.3) is 0 Å². The standard InChI is InChI=1S/C19H25N3O3/c1-14-18(23)15(2)22(20-14)12-16-8-10-21(11-9-16)19(24)25-13-17-6-4-3-5-7-17/h3-7,16,23H,8-13H2,1-2H3. The van der Waals surface area contributed by atoms with E-state index in [1.54, 1.807) is 4.90 Å². The van der Waals surface area contributed by atoms with Gasteiger partial charge in [0.2, 0.25) is 0 Å². The molecule has 0 unspecified atom stereocenters. The van der Waals surface area contributed by atoms with Crippen LogP contribution in [0.2, 0.25) is 0 Å². The van der Waals surface area contributed by atoms with Crippen molar-refractivity contribution in [1.82, 2.24) is 14.7 Å². The predicted molar refractivity (Wildman–Crippen MR) is 94.3 cm³/mol. The summed E-state index contributed by atoms with van der Waals surface area (Å²) in [6.07, 6.45) is 1.59. The summed E-state index contributed by atoms with van der Waals surface area (Å²) in [5.74, 6) is 0.734. The first-order valence-corrected chi connectivity index (χ1v) is 8.73. The zero-order chi connectivity index (χ0) is 17.8. The van der Waals surface area contributed by atoms with Crippen molar-refractivity contribution in [2.24, 2.45) is 5.92 Å². The molecule has 3 rings (SSSR count). The molecule has 6 heteroatoms. The van der Waals surface area contributed by atoms with Crippen LogP contribution in [0.4, 0.5) is 4.79 Å². The largest absolute Gasteiger partial charge is 0.504 e. The summed E-state index contributed by atoms with van der Waals surface area (Å²) in [6, 6.07) is 9.71. The highest BCUT2D eigenvalue weighted by Crippen LogP contribution is 2.24. The van der Waals surface area contributed by atoms with Gasteiger partial charge in [0.15, 0.2) is 5.75 Å². The molecular weight excluding hydrogens is 318 g/mol. The fourth-order valence-electron chi connectivity index (χ4n) is 3.22. The molecule has 0 spiro atoms. The second-order valence-electron chi connectivity index (χ2n) is 6.67. The minimum absolute atomic E-state index is 0.244. The Bertz CT molecular complexity index is 719. The number of ether oxygens (including phenoxy) is 1. The van der Waals surface area contributed by atoms with Gasteiger partial charge in [-0.15, -0.1) is 0 Å². The van der Waals surface area contributed by atoms with Crippen LogP contribution in [0.5, 0.6) is 5.75 Å². The number of carbonyl (C=O) groups excluding carboxylic acids is 1. The summed E-state index contributed by atoms with van der Waals surface area (Å²) in [7, 11) is 0. The second kappa shape index (κ2) is 7.59. The van der Waals surface area contributed by atoms with Crippen molar-refractivity contribution in [2.75, 3.05) is 13.1 Å². The lowest BCUT2D eigenvalue weighted by Crippen LogP contribution is -2.39. The Balaban J connectivity index is 1.46. The first-order chi connectivity index (χ1) is 12.0. The van der Waals surface area contributed by atoms with Gasteiger partial charge >= 0.3 is 6.09 Å². The van der Waals surface area contributed by atoms with Crippen molar-refractivity contribution in [3.8, 4) is 5.75 Å². The Morgan fingerprint density at radius 2 is 1.92 bits per heavy atom. The zero-order valence-electron chi connectivity index (χ0n) is 14.8. The molecule has 2 heterocycles. The molecule has 134 valence electrons. The van der Waals surface area contributed by atoms with Crippen molar-refractivity contribution < 1.29 is 14.6 Å². The Morgan fingerprint density at radius 3 is 2.52 bits per heavy atom. The number of rotatable bonds is 4. The third-order valence-electron chi connectivity index (χ3n) is 4.85. The average Bonchev–Trinajstić information content (AvgIpc) is 2.88. The number of hydrogen-bond donors (Lipinski definition) is 1. The van der Waals surface area contributed by atoms with Crippen molar-refractivity contribution in [3.63, 3.8) is 0 Å². The summed E-state index contributed by atoms with van der Waals surface area (Å²) >= 11 is 0. The summed E-state index contributed by atoms with van der Waals surface area (Å²) in [6.45, 7) is 6.17. The average molecular weight is 343 g/mol. The Hall–Kier alpha value is -2.50. The van der Waals surface area contributed by atoms with Crippen LogP contribution in [0, 0.1) is 19.8 Å². The number of aryl methyl sites for hydroxylation is 1. The lowest BCUT2D eigenvalue weighted by Gasteiger charge is -2.31. The van der Waals surface area contributed by atoms with E-state index < -0.39 is 0 Å². The normalized spacial score (nSPS) is 15.4. The van der Waals surface area contributed by atoms with Gasteiger partial charge in [-0.3, -0.25) is 4.68 Å². The van der Waals surface area contributed by atoms with Crippen LogP contribution in [0.25, 0.3) is 0 Å². The smallest absolute Gasteiger partial charge is 0.410 e. The van der Waals surface area contributed by atoms with E-state index in [2.05, 4.69) is 5.10 Å². The molecule has 0 aliphatic carbocycles. The lowest BCUT2D eigenvalue weighted by molar-refractivity contribution is 0.0803. The number of aromatic hydroxyl groups is 1. The topological polar surface area (TPSA) is 67.6 Å². The number of benzene rings is 1. The maximum absolute atomic E-state index is 12.2. The van der Waals surface area contributed by atoms with Gasteiger partial charge in [-0.1, -0.05) is 30.3 Å². The van der Waals surface area contributed by atoms with Crippen molar-refractivity contribution in [1.29, 1.82) is 0 Å². The molecule has 1 aromatic carbocycles. The quantitative estimate of drug-likeness (QED) is 0.925. The van der Waals surface area contributed by atoms with Gasteiger partial charge in [0, 0.05) is 19.6 Å². The lowest BCUT2D eigenvalue weighted by atomic mass is 9.97. The highest BCUT2D eigenvalue weighted by molar-refractivity contribution is 5.67. The predicted octanol–water partition coefficient (Wildman–Crippen LogP) is 3.25. The number of aromatic nitrogens is 2. The highest BCUT2D eigenvalue weighted by atomic mass is 16.6. The van der Waals surface area contributed by atoms with E-state index >= 15 is 0 Å². The Labute approximate surface area is 148 Å². The molecule has 1 fully saturated rings. The molecule has 0 atom stereocenters. The van der Waals surface area contributed by atoms with Gasteiger partial charge in [-0.2, -0.15) is 5.10 Å². The number of piperidine rings is 1. The molecule has 1 aliphatic heterocycles. The molecule has 1 saturated heterocycles. The summed E-state index contributed by atoms with van der Waals surface area (Å²) < 4.78 is 7.27. The minimum atomic E-state index is -0.244. The van der Waals surface area contributed by atoms with Crippen molar-refractivity contribution >= 4 is 6.09 Å². The minimum Gasteiger partial charge on any atom is -0.504 e. The fraction of sp³-hybridized carbons (Fsp3) is 0.474. The molecule has 1 aromatic heterocycles. The molecule has 2 aromatic rings. The SMILES string of the molecule is Cc1nn(CC2CCN(C(=O)OCc3ccccc3)CC2)c(C)c1O. The van der Waals surface area contributed by atoms with E-state index in [9.17, 15) is 9.90 Å². The monoisotopic (exact) mass is 343 g/mol. The van der Waals surface area contributed by atoms with E-state index in [-0.39, 0.29) is 11.8 Å². The molecule has 0 saturated carbocycles. The fourth-order valence-corrected chi connectivity index (χ4v) is 3.22. The van der Waals surface area contributed by atoms with Gasteiger partial charge in [-0.25, -0.2) is 4.79 Å². The Morgan fingerprint density at radius 1 is 1.24 bits per heavy atom.